The fraction of sp³-hybridized carbons (Fsp3) is 0.429. The first-order chi connectivity index (χ1) is 8.25. The van der Waals surface area contributed by atoms with E-state index in [0.717, 1.165) is 48.3 Å². The van der Waals surface area contributed by atoms with Gasteiger partial charge in [0.1, 0.15) is 0 Å². The smallest absolute Gasteiger partial charge is 0.167 e. The normalized spacial score (nSPS) is 20.8. The Labute approximate surface area is 99.4 Å². The van der Waals surface area contributed by atoms with Gasteiger partial charge in [0.15, 0.2) is 11.6 Å². The van der Waals surface area contributed by atoms with Crippen LogP contribution in [0.5, 0.6) is 0 Å². The zero-order valence-electron chi connectivity index (χ0n) is 9.58. The number of hydrogen-bond acceptors (Lipinski definition) is 3. The zero-order valence-corrected chi connectivity index (χ0v) is 9.58. The first-order valence-corrected chi connectivity index (χ1v) is 6.26. The summed E-state index contributed by atoms with van der Waals surface area (Å²) < 4.78 is 0. The molecule has 0 fully saturated rings. The molecule has 0 atom stereocenters. The average molecular weight is 227 g/mol. The van der Waals surface area contributed by atoms with Crippen LogP contribution in [0.25, 0.3) is 0 Å². The van der Waals surface area contributed by atoms with Crippen LogP contribution >= 0.6 is 0 Å². The molecule has 2 aliphatic heterocycles. The van der Waals surface area contributed by atoms with Crippen molar-refractivity contribution in [3.63, 3.8) is 0 Å². The van der Waals surface area contributed by atoms with Gasteiger partial charge in [-0.3, -0.25) is 9.59 Å². The molecule has 0 bridgehead atoms. The van der Waals surface area contributed by atoms with Crippen LogP contribution in [0.15, 0.2) is 6.07 Å². The van der Waals surface area contributed by atoms with Gasteiger partial charge in [-0.1, -0.05) is 0 Å². The van der Waals surface area contributed by atoms with Gasteiger partial charge in [-0.2, -0.15) is 0 Å². The summed E-state index contributed by atoms with van der Waals surface area (Å²) in [5.74, 6) is 0.460. The maximum absolute atomic E-state index is 12.1. The third-order valence-electron chi connectivity index (χ3n) is 4.24. The predicted molar refractivity (Wildman–Crippen MR) is 64.0 cm³/mol. The molecule has 0 amide bonds. The van der Waals surface area contributed by atoms with Gasteiger partial charge in [0.25, 0.3) is 0 Å². The number of hydrogen-bond donors (Lipinski definition) is 0. The molecule has 0 N–H and O–H groups in total. The summed E-state index contributed by atoms with van der Waals surface area (Å²) in [5, 5.41) is 0. The van der Waals surface area contributed by atoms with Crippen LogP contribution in [0.4, 0.5) is 5.69 Å². The summed E-state index contributed by atoms with van der Waals surface area (Å²) in [6.07, 6.45) is 2.93. The minimum Gasteiger partial charge on any atom is -0.370 e. The van der Waals surface area contributed by atoms with Crippen molar-refractivity contribution in [3.05, 3.63) is 28.3 Å². The maximum atomic E-state index is 12.1. The van der Waals surface area contributed by atoms with Crippen LogP contribution in [0, 0.1) is 0 Å². The maximum Gasteiger partial charge on any atom is 0.167 e. The highest BCUT2D eigenvalue weighted by Crippen LogP contribution is 2.42. The lowest BCUT2D eigenvalue weighted by Gasteiger charge is -2.27. The highest BCUT2D eigenvalue weighted by atomic mass is 16.1. The highest BCUT2D eigenvalue weighted by molar-refractivity contribution is 6.11. The SMILES string of the molecule is O=C1CCc2c1cc1c3c2C(=O)CCN3CC1. The van der Waals surface area contributed by atoms with Crippen molar-refractivity contribution in [1.82, 2.24) is 0 Å². The zero-order chi connectivity index (χ0) is 11.6. The number of fused-ring (bicyclic) bond motifs is 2. The lowest BCUT2D eigenvalue weighted by atomic mass is 9.91. The molecule has 3 aliphatic rings. The molecule has 0 radical (unpaired) electrons. The van der Waals surface area contributed by atoms with Gasteiger partial charge in [-0.15, -0.1) is 0 Å². The van der Waals surface area contributed by atoms with Crippen molar-refractivity contribution < 1.29 is 9.59 Å². The Morgan fingerprint density at radius 3 is 2.65 bits per heavy atom. The van der Waals surface area contributed by atoms with Crippen molar-refractivity contribution in [3.8, 4) is 0 Å². The van der Waals surface area contributed by atoms with Crippen LogP contribution < -0.4 is 4.90 Å². The van der Waals surface area contributed by atoms with Gasteiger partial charge in [-0.25, -0.2) is 0 Å². The van der Waals surface area contributed by atoms with Gasteiger partial charge in [0.05, 0.1) is 5.69 Å². The molecule has 2 heterocycles. The van der Waals surface area contributed by atoms with Gasteiger partial charge >= 0.3 is 0 Å². The minimum atomic E-state index is 0.218. The number of benzene rings is 1. The first-order valence-electron chi connectivity index (χ1n) is 6.26. The molecule has 0 spiro atoms. The Hall–Kier alpha value is -1.64. The van der Waals surface area contributed by atoms with Gasteiger partial charge < -0.3 is 4.90 Å². The van der Waals surface area contributed by atoms with Crippen molar-refractivity contribution in [2.24, 2.45) is 0 Å². The summed E-state index contributed by atoms with van der Waals surface area (Å²) in [6, 6.07) is 2.04. The Kier molecular flexibility index (Phi) is 1.64. The molecule has 3 nitrogen and oxygen atoms in total. The van der Waals surface area contributed by atoms with Gasteiger partial charge in [0.2, 0.25) is 0 Å². The number of carbonyl (C=O) groups is 2. The Balaban J connectivity index is 2.08. The van der Waals surface area contributed by atoms with Crippen molar-refractivity contribution in [2.45, 2.75) is 25.7 Å². The van der Waals surface area contributed by atoms with E-state index in [-0.39, 0.29) is 11.6 Å². The molecule has 1 aromatic carbocycles. The number of anilines is 1. The highest BCUT2D eigenvalue weighted by Gasteiger charge is 2.36. The molecule has 0 saturated carbocycles. The van der Waals surface area contributed by atoms with E-state index in [1.165, 1.54) is 5.56 Å². The summed E-state index contributed by atoms with van der Waals surface area (Å²) in [5.41, 5.74) is 5.10. The van der Waals surface area contributed by atoms with Crippen LogP contribution in [0.1, 0.15) is 44.7 Å². The van der Waals surface area contributed by atoms with E-state index in [0.29, 0.717) is 12.8 Å². The summed E-state index contributed by atoms with van der Waals surface area (Å²) >= 11 is 0. The molecule has 4 rings (SSSR count). The Morgan fingerprint density at radius 1 is 0.941 bits per heavy atom. The van der Waals surface area contributed by atoms with E-state index < -0.39 is 0 Å². The second-order valence-electron chi connectivity index (χ2n) is 5.12. The molecule has 1 aromatic rings. The topological polar surface area (TPSA) is 37.4 Å². The summed E-state index contributed by atoms with van der Waals surface area (Å²) in [6.45, 7) is 1.86. The van der Waals surface area contributed by atoms with Crippen molar-refractivity contribution in [1.29, 1.82) is 0 Å². The largest absolute Gasteiger partial charge is 0.370 e. The number of carbonyl (C=O) groups excluding carboxylic acids is 2. The molecule has 3 heteroatoms. The molecule has 0 unspecified atom stereocenters. The minimum absolute atomic E-state index is 0.218. The van der Waals surface area contributed by atoms with Crippen LogP contribution in [0.3, 0.4) is 0 Å². The predicted octanol–water partition coefficient (Wildman–Crippen LogP) is 1.76. The van der Waals surface area contributed by atoms with Crippen LogP contribution in [-0.4, -0.2) is 24.7 Å². The molecule has 0 saturated heterocycles. The van der Waals surface area contributed by atoms with E-state index in [9.17, 15) is 9.59 Å². The standard InChI is InChI=1S/C14H13NO2/c16-11-2-1-9-10(11)7-8-3-5-15-6-4-12(17)13(9)14(8)15/h7H,1-6H2. The number of Topliss-reactive ketones (excluding diaryl/α,β-unsaturated/α-hetero) is 2. The first kappa shape index (κ1) is 9.40. The van der Waals surface area contributed by atoms with E-state index >= 15 is 0 Å². The average Bonchev–Trinajstić information content (AvgIpc) is 2.89. The third kappa shape index (κ3) is 1.07. The lowest BCUT2D eigenvalue weighted by molar-refractivity contribution is 0.0977. The number of rotatable bonds is 0. The van der Waals surface area contributed by atoms with E-state index in [1.54, 1.807) is 0 Å². The van der Waals surface area contributed by atoms with E-state index in [1.807, 2.05) is 6.07 Å². The Bertz CT molecular complexity index is 574. The Morgan fingerprint density at radius 2 is 1.76 bits per heavy atom. The fourth-order valence-electron chi connectivity index (χ4n) is 3.45. The van der Waals surface area contributed by atoms with Gasteiger partial charge in [0, 0.05) is 37.1 Å². The quantitative estimate of drug-likeness (QED) is 0.677. The van der Waals surface area contributed by atoms with Crippen LogP contribution in [-0.2, 0) is 12.8 Å². The van der Waals surface area contributed by atoms with Crippen molar-refractivity contribution in [2.75, 3.05) is 18.0 Å². The molecule has 17 heavy (non-hydrogen) atoms. The van der Waals surface area contributed by atoms with Crippen LogP contribution in [0.2, 0.25) is 0 Å². The second kappa shape index (κ2) is 2.97. The molecular weight excluding hydrogens is 214 g/mol. The van der Waals surface area contributed by atoms with Crippen molar-refractivity contribution >= 4 is 17.3 Å². The third-order valence-corrected chi connectivity index (χ3v) is 4.24. The summed E-state index contributed by atoms with van der Waals surface area (Å²) in [4.78, 5) is 26.3. The molecule has 1 aliphatic carbocycles. The lowest BCUT2D eigenvalue weighted by Crippen LogP contribution is -2.30. The van der Waals surface area contributed by atoms with Gasteiger partial charge in [-0.05, 0) is 30.0 Å². The number of ketones is 2. The number of nitrogens with zero attached hydrogens (tertiary/aromatic N) is 1. The molecular formula is C14H13NO2. The second-order valence-corrected chi connectivity index (χ2v) is 5.12. The summed E-state index contributed by atoms with van der Waals surface area (Å²) in [7, 11) is 0. The molecule has 0 aromatic heterocycles. The molecule has 86 valence electrons. The van der Waals surface area contributed by atoms with E-state index in [4.69, 9.17) is 0 Å². The monoisotopic (exact) mass is 227 g/mol. The fourth-order valence-corrected chi connectivity index (χ4v) is 3.45. The van der Waals surface area contributed by atoms with E-state index in [2.05, 4.69) is 4.90 Å².